The van der Waals surface area contributed by atoms with Crippen LogP contribution in [-0.4, -0.2) is 44.5 Å². The van der Waals surface area contributed by atoms with E-state index in [0.29, 0.717) is 29.3 Å². The quantitative estimate of drug-likeness (QED) is 0.370. The summed E-state index contributed by atoms with van der Waals surface area (Å²) in [5, 5.41) is 3.97. The fourth-order valence-electron chi connectivity index (χ4n) is 3.54. The minimum absolute atomic E-state index is 0.332. The average molecular weight is 487 g/mol. The molecule has 0 bridgehead atoms. The fraction of sp³-hybridized carbons (Fsp3) is 0.250. The number of rotatable bonds is 9. The molecule has 3 rings (SSSR count). The number of aromatic nitrogens is 1. The van der Waals surface area contributed by atoms with Gasteiger partial charge in [-0.3, -0.25) is 9.10 Å². The molecule has 0 radical (unpaired) electrons. The Labute approximate surface area is 198 Å². The van der Waals surface area contributed by atoms with Gasteiger partial charge in [0.05, 0.1) is 30.5 Å². The number of hydrazone groups is 1. The number of nitrogens with one attached hydrogen (secondary N) is 1. The van der Waals surface area contributed by atoms with Crippen molar-refractivity contribution in [3.8, 4) is 11.4 Å². The number of nitrogens with zero attached hydrogens (tertiary/aromatic N) is 3. The second-order valence-corrected chi connectivity index (χ2v) is 9.51. The van der Waals surface area contributed by atoms with Crippen LogP contribution in [0.2, 0.25) is 0 Å². The molecular weight excluding hydrogens is 459 g/mol. The molecule has 1 N–H and O–H groups in total. The van der Waals surface area contributed by atoms with Gasteiger partial charge >= 0.3 is 0 Å². The van der Waals surface area contributed by atoms with Crippen LogP contribution < -0.4 is 14.5 Å². The maximum atomic E-state index is 14.2. The van der Waals surface area contributed by atoms with E-state index >= 15 is 0 Å². The second-order valence-electron chi connectivity index (χ2n) is 7.60. The number of amides is 1. The number of carbonyl (C=O) groups excluding carboxylic acids is 1. The van der Waals surface area contributed by atoms with E-state index < -0.39 is 22.5 Å². The number of halogens is 1. The highest BCUT2D eigenvalue weighted by Gasteiger charge is 2.21. The first-order valence-electron chi connectivity index (χ1n) is 10.6. The largest absolute Gasteiger partial charge is 0.494 e. The van der Waals surface area contributed by atoms with Gasteiger partial charge in [-0.15, -0.1) is 0 Å². The molecule has 1 aromatic heterocycles. The van der Waals surface area contributed by atoms with Gasteiger partial charge < -0.3 is 9.30 Å². The predicted octanol–water partition coefficient (Wildman–Crippen LogP) is 3.55. The summed E-state index contributed by atoms with van der Waals surface area (Å²) in [4.78, 5) is 12.4. The lowest BCUT2D eigenvalue weighted by atomic mass is 10.2. The fourth-order valence-corrected chi connectivity index (χ4v) is 4.39. The number of hydrogen-bond donors (Lipinski definition) is 1. The van der Waals surface area contributed by atoms with Crippen molar-refractivity contribution in [1.29, 1.82) is 0 Å². The smallest absolute Gasteiger partial charge is 0.260 e. The first-order chi connectivity index (χ1) is 16.1. The molecule has 180 valence electrons. The van der Waals surface area contributed by atoms with Gasteiger partial charge in [0, 0.05) is 17.0 Å². The topological polar surface area (TPSA) is 93.0 Å². The highest BCUT2D eigenvalue weighted by Crippen LogP contribution is 2.23. The Morgan fingerprint density at radius 2 is 1.85 bits per heavy atom. The van der Waals surface area contributed by atoms with Crippen molar-refractivity contribution in [2.24, 2.45) is 5.10 Å². The van der Waals surface area contributed by atoms with E-state index in [1.54, 1.807) is 47.0 Å². The van der Waals surface area contributed by atoms with Crippen molar-refractivity contribution in [1.82, 2.24) is 9.99 Å². The molecule has 8 nitrogen and oxygen atoms in total. The lowest BCUT2D eigenvalue weighted by Gasteiger charge is -2.21. The molecule has 0 aliphatic rings. The summed E-state index contributed by atoms with van der Waals surface area (Å²) in [5.74, 6) is -0.364. The Morgan fingerprint density at radius 3 is 2.47 bits per heavy atom. The van der Waals surface area contributed by atoms with E-state index in [1.165, 1.54) is 12.3 Å². The lowest BCUT2D eigenvalue weighted by Crippen LogP contribution is -2.39. The van der Waals surface area contributed by atoms with E-state index in [0.717, 1.165) is 21.9 Å². The van der Waals surface area contributed by atoms with Gasteiger partial charge in [-0.05, 0) is 63.2 Å². The van der Waals surface area contributed by atoms with Crippen molar-refractivity contribution >= 4 is 27.8 Å². The molecule has 3 aromatic rings. The lowest BCUT2D eigenvalue weighted by molar-refractivity contribution is -0.119. The molecule has 0 saturated heterocycles. The van der Waals surface area contributed by atoms with E-state index in [2.05, 4.69) is 10.5 Å². The summed E-state index contributed by atoms with van der Waals surface area (Å²) in [6, 6.07) is 14.7. The third-order valence-electron chi connectivity index (χ3n) is 5.08. The highest BCUT2D eigenvalue weighted by atomic mass is 32.2. The van der Waals surface area contributed by atoms with Crippen LogP contribution in [0.3, 0.4) is 0 Å². The molecule has 34 heavy (non-hydrogen) atoms. The van der Waals surface area contributed by atoms with Crippen LogP contribution in [0.4, 0.5) is 10.1 Å². The van der Waals surface area contributed by atoms with Crippen molar-refractivity contribution in [3.63, 3.8) is 0 Å². The summed E-state index contributed by atoms with van der Waals surface area (Å²) in [5.41, 5.74) is 5.34. The summed E-state index contributed by atoms with van der Waals surface area (Å²) < 4.78 is 46.9. The van der Waals surface area contributed by atoms with Crippen molar-refractivity contribution < 1.29 is 22.3 Å². The third kappa shape index (κ3) is 5.82. The zero-order valence-corrected chi connectivity index (χ0v) is 20.3. The van der Waals surface area contributed by atoms with Crippen LogP contribution in [0.1, 0.15) is 23.9 Å². The summed E-state index contributed by atoms with van der Waals surface area (Å²) in [6.07, 6.45) is 2.47. The van der Waals surface area contributed by atoms with E-state index in [-0.39, 0.29) is 5.82 Å². The van der Waals surface area contributed by atoms with E-state index in [4.69, 9.17) is 4.74 Å². The molecule has 0 aliphatic heterocycles. The van der Waals surface area contributed by atoms with Crippen molar-refractivity contribution in [3.05, 3.63) is 77.4 Å². The molecule has 0 fully saturated rings. The first kappa shape index (κ1) is 25.0. The number of anilines is 1. The molecule has 1 amide bonds. The third-order valence-corrected chi connectivity index (χ3v) is 6.22. The predicted molar refractivity (Wildman–Crippen MR) is 131 cm³/mol. The van der Waals surface area contributed by atoms with Gasteiger partial charge in [0.15, 0.2) is 0 Å². The molecule has 2 aromatic carbocycles. The zero-order valence-electron chi connectivity index (χ0n) is 19.4. The Morgan fingerprint density at radius 1 is 1.18 bits per heavy atom. The molecule has 0 atom stereocenters. The summed E-state index contributed by atoms with van der Waals surface area (Å²) in [7, 11) is -3.72. The molecule has 10 heteroatoms. The molecule has 0 unspecified atom stereocenters. The van der Waals surface area contributed by atoms with Crippen LogP contribution in [0.15, 0.2) is 59.7 Å². The zero-order chi connectivity index (χ0) is 24.9. The summed E-state index contributed by atoms with van der Waals surface area (Å²) in [6.45, 7) is 5.55. The number of sulfonamides is 1. The van der Waals surface area contributed by atoms with Gasteiger partial charge in [0.1, 0.15) is 18.1 Å². The number of carbonyl (C=O) groups is 1. The van der Waals surface area contributed by atoms with Crippen LogP contribution in [0, 0.1) is 19.7 Å². The van der Waals surface area contributed by atoms with Gasteiger partial charge in [0.2, 0.25) is 10.0 Å². The highest BCUT2D eigenvalue weighted by molar-refractivity contribution is 7.92. The number of benzene rings is 2. The Kier molecular flexibility index (Phi) is 7.72. The molecule has 1 heterocycles. The van der Waals surface area contributed by atoms with Crippen LogP contribution >= 0.6 is 0 Å². The van der Waals surface area contributed by atoms with Crippen molar-refractivity contribution in [2.45, 2.75) is 20.8 Å². The van der Waals surface area contributed by atoms with Crippen LogP contribution in [0.25, 0.3) is 5.69 Å². The van der Waals surface area contributed by atoms with Crippen LogP contribution in [0.5, 0.6) is 5.75 Å². The number of para-hydroxylation sites is 1. The number of aryl methyl sites for hydroxylation is 1. The van der Waals surface area contributed by atoms with Crippen LogP contribution in [-0.2, 0) is 14.8 Å². The van der Waals surface area contributed by atoms with Gasteiger partial charge in [0.25, 0.3) is 5.91 Å². The second kappa shape index (κ2) is 10.5. The van der Waals surface area contributed by atoms with E-state index in [9.17, 15) is 17.6 Å². The Balaban J connectivity index is 1.73. The maximum absolute atomic E-state index is 14.2. The maximum Gasteiger partial charge on any atom is 0.260 e. The average Bonchev–Trinajstić information content (AvgIpc) is 3.06. The number of ether oxygens (including phenoxy) is 1. The molecular formula is C24H27FN4O4S. The normalized spacial score (nSPS) is 11.6. The standard InChI is InChI=1S/C24H27FN4O4S/c1-5-33-21-12-10-20(11-13-21)28(34(4,31)32)16-24(30)27-26-15-19-14-17(2)29(18(19)3)23-9-7-6-8-22(23)25/h6-15H,5,16H2,1-4H3,(H,27,30)/b26-15-. The van der Waals surface area contributed by atoms with Gasteiger partial charge in [-0.1, -0.05) is 12.1 Å². The number of hydrogen-bond acceptors (Lipinski definition) is 5. The first-order valence-corrected chi connectivity index (χ1v) is 12.4. The van der Waals surface area contributed by atoms with Crippen molar-refractivity contribution in [2.75, 3.05) is 23.7 Å². The van der Waals surface area contributed by atoms with E-state index in [1.807, 2.05) is 26.8 Å². The SMILES string of the molecule is CCOc1ccc(N(CC(=O)N/N=C\c2cc(C)n(-c3ccccc3F)c2C)S(C)(=O)=O)cc1. The minimum atomic E-state index is -3.72. The Hall–Kier alpha value is -3.66. The van der Waals surface area contributed by atoms with Gasteiger partial charge in [-0.2, -0.15) is 5.10 Å². The van der Waals surface area contributed by atoms with Gasteiger partial charge in [-0.25, -0.2) is 18.2 Å². The minimum Gasteiger partial charge on any atom is -0.494 e. The Bertz CT molecular complexity index is 1300. The summed E-state index contributed by atoms with van der Waals surface area (Å²) >= 11 is 0. The molecule has 0 aliphatic carbocycles. The molecule has 0 spiro atoms. The monoisotopic (exact) mass is 486 g/mol. The molecule has 0 saturated carbocycles.